The van der Waals surface area contributed by atoms with Crippen molar-refractivity contribution in [2.75, 3.05) is 6.54 Å². The summed E-state index contributed by atoms with van der Waals surface area (Å²) in [6, 6.07) is 0.0703. The van der Waals surface area contributed by atoms with Gasteiger partial charge < -0.3 is 10.0 Å². The molecule has 1 N–H and O–H groups in total. The topological polar surface area (TPSA) is 57.6 Å². The summed E-state index contributed by atoms with van der Waals surface area (Å²) in [6.07, 6.45) is 5.04. The fraction of sp³-hybridized carbons (Fsp3) is 0.857. The maximum Gasteiger partial charge on any atom is 0.305 e. The van der Waals surface area contributed by atoms with Crippen LogP contribution in [0.15, 0.2) is 0 Å². The molecule has 0 radical (unpaired) electrons. The van der Waals surface area contributed by atoms with E-state index in [0.29, 0.717) is 6.54 Å². The lowest BCUT2D eigenvalue weighted by Gasteiger charge is -2.36. The highest BCUT2D eigenvalue weighted by atomic mass is 16.4. The molecule has 0 aromatic heterocycles. The number of nitrogens with zero attached hydrogens (tertiary/aromatic N) is 1. The van der Waals surface area contributed by atoms with Crippen molar-refractivity contribution >= 4 is 11.9 Å². The third kappa shape index (κ3) is 3.24. The number of amides is 1. The normalized spacial score (nSPS) is 18.0. The van der Waals surface area contributed by atoms with E-state index in [1.165, 1.54) is 0 Å². The molecular formula is C14H25NO3. The molecule has 0 saturated heterocycles. The number of carbonyl (C=O) groups is 2. The molecule has 0 heterocycles. The van der Waals surface area contributed by atoms with E-state index in [4.69, 9.17) is 5.11 Å². The second-order valence-corrected chi connectivity index (χ2v) is 5.58. The first-order valence-corrected chi connectivity index (χ1v) is 6.96. The van der Waals surface area contributed by atoms with Crippen LogP contribution in [0, 0.1) is 5.41 Å². The zero-order chi connectivity index (χ0) is 13.8. The number of carboxylic acids is 1. The van der Waals surface area contributed by atoms with Gasteiger partial charge >= 0.3 is 5.97 Å². The van der Waals surface area contributed by atoms with Crippen molar-refractivity contribution in [1.29, 1.82) is 0 Å². The maximum atomic E-state index is 12.7. The van der Waals surface area contributed by atoms with Gasteiger partial charge in [-0.1, -0.05) is 19.8 Å². The van der Waals surface area contributed by atoms with Crippen LogP contribution in [-0.2, 0) is 9.59 Å². The molecule has 18 heavy (non-hydrogen) atoms. The molecule has 1 rings (SSSR count). The minimum absolute atomic E-state index is 0.0315. The lowest BCUT2D eigenvalue weighted by molar-refractivity contribution is -0.145. The Labute approximate surface area is 109 Å². The summed E-state index contributed by atoms with van der Waals surface area (Å²) < 4.78 is 0. The van der Waals surface area contributed by atoms with Crippen molar-refractivity contribution in [3.8, 4) is 0 Å². The van der Waals surface area contributed by atoms with Gasteiger partial charge in [-0.05, 0) is 33.1 Å². The number of hydrogen-bond donors (Lipinski definition) is 1. The molecule has 0 unspecified atom stereocenters. The van der Waals surface area contributed by atoms with E-state index in [9.17, 15) is 9.59 Å². The molecule has 0 spiro atoms. The first-order chi connectivity index (χ1) is 8.43. The standard InChI is InChI=1S/C14H25NO3/c1-4-14(8-5-6-9-14)13(18)15(11(2)3)10-7-12(16)17/h11H,4-10H2,1-3H3,(H,16,17). The quantitative estimate of drug-likeness (QED) is 0.793. The SMILES string of the molecule is CCC1(C(=O)N(CCC(=O)O)C(C)C)CCCC1. The lowest BCUT2D eigenvalue weighted by atomic mass is 9.81. The van der Waals surface area contributed by atoms with Crippen molar-refractivity contribution in [1.82, 2.24) is 4.90 Å². The molecule has 0 bridgehead atoms. The van der Waals surface area contributed by atoms with E-state index >= 15 is 0 Å². The Kier molecular flexibility index (Phi) is 5.17. The molecule has 0 aliphatic heterocycles. The van der Waals surface area contributed by atoms with E-state index in [1.54, 1.807) is 4.90 Å². The summed E-state index contributed by atoms with van der Waals surface area (Å²) in [5.74, 6) is -0.677. The molecule has 0 aromatic rings. The van der Waals surface area contributed by atoms with Gasteiger partial charge in [-0.3, -0.25) is 9.59 Å². The maximum absolute atomic E-state index is 12.7. The zero-order valence-corrected chi connectivity index (χ0v) is 11.7. The third-order valence-corrected chi connectivity index (χ3v) is 4.14. The van der Waals surface area contributed by atoms with Crippen LogP contribution in [0.4, 0.5) is 0 Å². The third-order valence-electron chi connectivity index (χ3n) is 4.14. The first-order valence-electron chi connectivity index (χ1n) is 6.96. The van der Waals surface area contributed by atoms with Crippen molar-refractivity contribution in [3.63, 3.8) is 0 Å². The second kappa shape index (κ2) is 6.21. The number of rotatable bonds is 6. The molecule has 4 nitrogen and oxygen atoms in total. The Balaban J connectivity index is 2.78. The highest BCUT2D eigenvalue weighted by Crippen LogP contribution is 2.42. The monoisotopic (exact) mass is 255 g/mol. The van der Waals surface area contributed by atoms with Crippen LogP contribution in [0.1, 0.15) is 59.3 Å². The average molecular weight is 255 g/mol. The van der Waals surface area contributed by atoms with Crippen LogP contribution < -0.4 is 0 Å². The van der Waals surface area contributed by atoms with Gasteiger partial charge in [0, 0.05) is 18.0 Å². The molecular weight excluding hydrogens is 230 g/mol. The fourth-order valence-corrected chi connectivity index (χ4v) is 2.89. The van der Waals surface area contributed by atoms with Gasteiger partial charge in [0.15, 0.2) is 0 Å². The van der Waals surface area contributed by atoms with Gasteiger partial charge in [-0.2, -0.15) is 0 Å². The molecule has 0 atom stereocenters. The number of carbonyl (C=O) groups excluding carboxylic acids is 1. The van der Waals surface area contributed by atoms with Crippen LogP contribution in [-0.4, -0.2) is 34.5 Å². The van der Waals surface area contributed by atoms with Gasteiger partial charge in [0.25, 0.3) is 0 Å². The Morgan fingerprint density at radius 1 is 1.28 bits per heavy atom. The Bertz CT molecular complexity index is 306. The van der Waals surface area contributed by atoms with Crippen molar-refractivity contribution < 1.29 is 14.7 Å². The smallest absolute Gasteiger partial charge is 0.305 e. The average Bonchev–Trinajstić information content (AvgIpc) is 2.77. The van der Waals surface area contributed by atoms with E-state index in [2.05, 4.69) is 6.92 Å². The van der Waals surface area contributed by atoms with Crippen molar-refractivity contribution in [2.24, 2.45) is 5.41 Å². The van der Waals surface area contributed by atoms with Crippen LogP contribution >= 0.6 is 0 Å². The molecule has 104 valence electrons. The first kappa shape index (κ1) is 15.0. The summed E-state index contributed by atoms with van der Waals surface area (Å²) in [4.78, 5) is 25.1. The minimum Gasteiger partial charge on any atom is -0.481 e. The Morgan fingerprint density at radius 3 is 2.22 bits per heavy atom. The number of carboxylic acid groups (broad SMARTS) is 1. The van der Waals surface area contributed by atoms with Crippen molar-refractivity contribution in [3.05, 3.63) is 0 Å². The fourth-order valence-electron chi connectivity index (χ4n) is 2.89. The van der Waals surface area contributed by atoms with Crippen LogP contribution in [0.3, 0.4) is 0 Å². The molecule has 1 aliphatic rings. The van der Waals surface area contributed by atoms with Crippen LogP contribution in [0.25, 0.3) is 0 Å². The van der Waals surface area contributed by atoms with E-state index in [1.807, 2.05) is 13.8 Å². The van der Waals surface area contributed by atoms with Gasteiger partial charge in [-0.25, -0.2) is 0 Å². The molecule has 1 amide bonds. The highest BCUT2D eigenvalue weighted by molar-refractivity contribution is 5.83. The predicted molar refractivity (Wildman–Crippen MR) is 70.3 cm³/mol. The molecule has 0 aromatic carbocycles. The largest absolute Gasteiger partial charge is 0.481 e. The van der Waals surface area contributed by atoms with E-state index in [-0.39, 0.29) is 23.8 Å². The van der Waals surface area contributed by atoms with Gasteiger partial charge in [0.1, 0.15) is 0 Å². The summed E-state index contributed by atoms with van der Waals surface area (Å²) in [5, 5.41) is 8.77. The summed E-state index contributed by atoms with van der Waals surface area (Å²) in [7, 11) is 0. The molecule has 1 fully saturated rings. The van der Waals surface area contributed by atoms with E-state index in [0.717, 1.165) is 32.1 Å². The highest BCUT2D eigenvalue weighted by Gasteiger charge is 2.42. The summed E-state index contributed by atoms with van der Waals surface area (Å²) in [5.41, 5.74) is -0.219. The summed E-state index contributed by atoms with van der Waals surface area (Å²) in [6.45, 7) is 6.31. The summed E-state index contributed by atoms with van der Waals surface area (Å²) >= 11 is 0. The Morgan fingerprint density at radius 2 is 1.83 bits per heavy atom. The van der Waals surface area contributed by atoms with E-state index < -0.39 is 5.97 Å². The minimum atomic E-state index is -0.842. The number of hydrogen-bond acceptors (Lipinski definition) is 2. The van der Waals surface area contributed by atoms with Gasteiger partial charge in [-0.15, -0.1) is 0 Å². The lowest BCUT2D eigenvalue weighted by Crippen LogP contribution is -2.46. The molecule has 1 aliphatic carbocycles. The number of aliphatic carboxylic acids is 1. The van der Waals surface area contributed by atoms with Gasteiger partial charge in [0.05, 0.1) is 6.42 Å². The van der Waals surface area contributed by atoms with Crippen LogP contribution in [0.2, 0.25) is 0 Å². The second-order valence-electron chi connectivity index (χ2n) is 5.58. The predicted octanol–water partition coefficient (Wildman–Crippen LogP) is 2.67. The molecule has 4 heteroatoms. The van der Waals surface area contributed by atoms with Gasteiger partial charge in [0.2, 0.25) is 5.91 Å². The Hall–Kier alpha value is -1.06. The molecule has 1 saturated carbocycles. The van der Waals surface area contributed by atoms with Crippen LogP contribution in [0.5, 0.6) is 0 Å². The zero-order valence-electron chi connectivity index (χ0n) is 11.7. The van der Waals surface area contributed by atoms with Crippen molar-refractivity contribution in [2.45, 2.75) is 65.3 Å².